The number of aromatic carboxylic acids is 1. The summed E-state index contributed by atoms with van der Waals surface area (Å²) in [6.07, 6.45) is 0. The Morgan fingerprint density at radius 1 is 1.20 bits per heavy atom. The predicted octanol–water partition coefficient (Wildman–Crippen LogP) is 3.06. The molecule has 4 nitrogen and oxygen atoms in total. The van der Waals surface area contributed by atoms with Crippen LogP contribution in [0.25, 0.3) is 15.8 Å². The van der Waals surface area contributed by atoms with Gasteiger partial charge >= 0.3 is 5.97 Å². The van der Waals surface area contributed by atoms with Crippen molar-refractivity contribution < 1.29 is 9.90 Å². The van der Waals surface area contributed by atoms with Crippen LogP contribution in [0.15, 0.2) is 47.3 Å². The van der Waals surface area contributed by atoms with Crippen LogP contribution in [0, 0.1) is 6.92 Å². The molecule has 2 aromatic carbocycles. The van der Waals surface area contributed by atoms with E-state index in [0.29, 0.717) is 16.6 Å². The van der Waals surface area contributed by atoms with Gasteiger partial charge in [0.2, 0.25) is 0 Å². The first-order valence-electron chi connectivity index (χ1n) is 6.03. The van der Waals surface area contributed by atoms with E-state index in [1.807, 2.05) is 18.2 Å². The molecule has 20 heavy (non-hydrogen) atoms. The van der Waals surface area contributed by atoms with Crippen molar-refractivity contribution in [1.82, 2.24) is 3.96 Å². The number of rotatable bonds is 2. The Bertz CT molecular complexity index is 876. The Hall–Kier alpha value is -2.40. The van der Waals surface area contributed by atoms with E-state index in [1.54, 1.807) is 29.1 Å². The van der Waals surface area contributed by atoms with Crippen LogP contribution in [0.5, 0.6) is 0 Å². The Labute approximate surface area is 118 Å². The average molecular weight is 285 g/mol. The number of nitrogens with zero attached hydrogens (tertiary/aromatic N) is 1. The van der Waals surface area contributed by atoms with Crippen LogP contribution in [-0.2, 0) is 0 Å². The predicted molar refractivity (Wildman–Crippen MR) is 79.1 cm³/mol. The van der Waals surface area contributed by atoms with E-state index < -0.39 is 5.97 Å². The molecule has 0 amide bonds. The van der Waals surface area contributed by atoms with E-state index in [2.05, 4.69) is 0 Å². The van der Waals surface area contributed by atoms with Crippen molar-refractivity contribution in [3.63, 3.8) is 0 Å². The lowest BCUT2D eigenvalue weighted by molar-refractivity contribution is 0.0696. The first kappa shape index (κ1) is 12.6. The lowest BCUT2D eigenvalue weighted by Gasteiger charge is -2.04. The molecule has 0 saturated carbocycles. The number of fused-ring (bicyclic) bond motifs is 1. The van der Waals surface area contributed by atoms with Crippen molar-refractivity contribution in [2.24, 2.45) is 0 Å². The molecular formula is C15H11NO3S. The number of aromatic nitrogens is 1. The molecule has 0 unspecified atom stereocenters. The molecule has 0 fully saturated rings. The van der Waals surface area contributed by atoms with Crippen molar-refractivity contribution in [2.75, 3.05) is 0 Å². The molecule has 0 bridgehead atoms. The topological polar surface area (TPSA) is 59.3 Å². The molecule has 0 spiro atoms. The summed E-state index contributed by atoms with van der Waals surface area (Å²) >= 11 is 1.36. The van der Waals surface area contributed by atoms with E-state index in [9.17, 15) is 9.59 Å². The maximum Gasteiger partial charge on any atom is 0.335 e. The summed E-state index contributed by atoms with van der Waals surface area (Å²) in [6.45, 7) is 1.73. The summed E-state index contributed by atoms with van der Waals surface area (Å²) in [5.74, 6) is -0.960. The first-order chi connectivity index (χ1) is 9.58. The molecule has 1 heterocycles. The molecule has 3 aromatic rings. The summed E-state index contributed by atoms with van der Waals surface area (Å²) in [6, 6.07) is 12.3. The molecule has 0 aliphatic carbocycles. The molecule has 3 rings (SSSR count). The maximum atomic E-state index is 12.3. The number of carbonyl (C=O) groups is 1. The van der Waals surface area contributed by atoms with Crippen molar-refractivity contribution in [3.8, 4) is 5.69 Å². The molecular weight excluding hydrogens is 274 g/mol. The number of carboxylic acid groups (broad SMARTS) is 1. The second-order valence-corrected chi connectivity index (χ2v) is 5.48. The van der Waals surface area contributed by atoms with Gasteiger partial charge in [0, 0.05) is 0 Å². The quantitative estimate of drug-likeness (QED) is 0.787. The normalized spacial score (nSPS) is 10.8. The number of hydrogen-bond acceptors (Lipinski definition) is 3. The minimum Gasteiger partial charge on any atom is -0.478 e. The van der Waals surface area contributed by atoms with E-state index in [1.165, 1.54) is 17.6 Å². The van der Waals surface area contributed by atoms with Crippen LogP contribution in [0.2, 0.25) is 0 Å². The van der Waals surface area contributed by atoms with Crippen LogP contribution in [0.4, 0.5) is 0 Å². The van der Waals surface area contributed by atoms with Crippen LogP contribution in [-0.4, -0.2) is 15.0 Å². The second-order valence-electron chi connectivity index (χ2n) is 4.49. The van der Waals surface area contributed by atoms with Gasteiger partial charge in [0.05, 0.1) is 21.3 Å². The van der Waals surface area contributed by atoms with Crippen LogP contribution in [0.1, 0.15) is 15.9 Å². The average Bonchev–Trinajstić information content (AvgIpc) is 2.76. The molecule has 1 N–H and O–H groups in total. The highest BCUT2D eigenvalue weighted by Crippen LogP contribution is 2.21. The van der Waals surface area contributed by atoms with Gasteiger partial charge in [0.1, 0.15) is 0 Å². The molecule has 0 saturated heterocycles. The zero-order chi connectivity index (χ0) is 14.3. The zero-order valence-electron chi connectivity index (χ0n) is 10.7. The molecule has 0 aliphatic heterocycles. The Morgan fingerprint density at radius 2 is 1.95 bits per heavy atom. The maximum absolute atomic E-state index is 12.3. The van der Waals surface area contributed by atoms with Gasteiger partial charge in [0.15, 0.2) is 0 Å². The van der Waals surface area contributed by atoms with E-state index >= 15 is 0 Å². The lowest BCUT2D eigenvalue weighted by Crippen LogP contribution is -2.11. The van der Waals surface area contributed by atoms with Gasteiger partial charge in [-0.1, -0.05) is 23.7 Å². The third-order valence-corrected chi connectivity index (χ3v) is 4.28. The zero-order valence-corrected chi connectivity index (χ0v) is 11.5. The Kier molecular flexibility index (Phi) is 2.91. The first-order valence-corrected chi connectivity index (χ1v) is 6.80. The van der Waals surface area contributed by atoms with Gasteiger partial charge in [-0.15, -0.1) is 0 Å². The summed E-state index contributed by atoms with van der Waals surface area (Å²) < 4.78 is 2.50. The van der Waals surface area contributed by atoms with Crippen LogP contribution < -0.4 is 5.56 Å². The van der Waals surface area contributed by atoms with Gasteiger partial charge in [0.25, 0.3) is 5.56 Å². The van der Waals surface area contributed by atoms with E-state index in [4.69, 9.17) is 5.11 Å². The van der Waals surface area contributed by atoms with Gasteiger partial charge in [-0.05, 0) is 42.8 Å². The van der Waals surface area contributed by atoms with Gasteiger partial charge in [-0.3, -0.25) is 4.79 Å². The number of benzene rings is 2. The Balaban J connectivity index is 2.21. The minimum atomic E-state index is -0.960. The number of aryl methyl sites for hydroxylation is 1. The fourth-order valence-corrected chi connectivity index (χ4v) is 3.15. The van der Waals surface area contributed by atoms with Crippen molar-refractivity contribution in [3.05, 3.63) is 63.9 Å². The molecule has 5 heteroatoms. The summed E-state index contributed by atoms with van der Waals surface area (Å²) in [5.41, 5.74) is 1.51. The van der Waals surface area contributed by atoms with Crippen molar-refractivity contribution in [2.45, 2.75) is 6.92 Å². The fourth-order valence-electron chi connectivity index (χ4n) is 2.16. The standard InChI is InChI=1S/C15H11NO3S/c1-9-8-10(6-7-11(9)15(18)19)16-14(17)12-4-2-3-5-13(12)20-16/h2-8H,1H3,(H,18,19). The highest BCUT2D eigenvalue weighted by molar-refractivity contribution is 7.14. The van der Waals surface area contributed by atoms with Gasteiger partial charge in [-0.25, -0.2) is 8.75 Å². The molecule has 0 radical (unpaired) electrons. The van der Waals surface area contributed by atoms with Crippen LogP contribution >= 0.6 is 11.5 Å². The third kappa shape index (κ3) is 1.92. The number of carboxylic acids is 1. The smallest absolute Gasteiger partial charge is 0.335 e. The van der Waals surface area contributed by atoms with Crippen LogP contribution in [0.3, 0.4) is 0 Å². The van der Waals surface area contributed by atoms with E-state index in [-0.39, 0.29) is 11.1 Å². The minimum absolute atomic E-state index is 0.0759. The van der Waals surface area contributed by atoms with Gasteiger partial charge in [-0.2, -0.15) is 0 Å². The SMILES string of the molecule is Cc1cc(-n2sc3ccccc3c2=O)ccc1C(=O)O. The summed E-state index contributed by atoms with van der Waals surface area (Å²) in [7, 11) is 0. The molecule has 100 valence electrons. The fraction of sp³-hybridized carbons (Fsp3) is 0.0667. The monoisotopic (exact) mass is 285 g/mol. The Morgan fingerprint density at radius 3 is 2.60 bits per heavy atom. The van der Waals surface area contributed by atoms with Crippen molar-refractivity contribution in [1.29, 1.82) is 0 Å². The highest BCUT2D eigenvalue weighted by Gasteiger charge is 2.11. The lowest BCUT2D eigenvalue weighted by atomic mass is 10.1. The number of hydrogen-bond donors (Lipinski definition) is 1. The van der Waals surface area contributed by atoms with Crippen molar-refractivity contribution >= 4 is 27.6 Å². The second kappa shape index (κ2) is 4.61. The van der Waals surface area contributed by atoms with E-state index in [0.717, 1.165) is 4.70 Å². The molecule has 0 atom stereocenters. The summed E-state index contributed by atoms with van der Waals surface area (Å²) in [5, 5.41) is 9.71. The third-order valence-electron chi connectivity index (χ3n) is 3.17. The highest BCUT2D eigenvalue weighted by atomic mass is 32.1. The molecule has 0 aliphatic rings. The summed E-state index contributed by atoms with van der Waals surface area (Å²) in [4.78, 5) is 23.3. The van der Waals surface area contributed by atoms with Gasteiger partial charge < -0.3 is 5.11 Å². The largest absolute Gasteiger partial charge is 0.478 e. The molecule has 1 aromatic heterocycles.